The van der Waals surface area contributed by atoms with Crippen LogP contribution in [0.25, 0.3) is 0 Å². The average molecular weight is 440 g/mol. The molecule has 2 heterocycles. The zero-order valence-electron chi connectivity index (χ0n) is 16.7. The SMILES string of the molecule is NC(=O)CCC(=O)OCOC(=O)CCC(=O)Nc1ccn([C@H]2CC[C@@H](CO)O2)c(=O)n1. The summed E-state index contributed by atoms with van der Waals surface area (Å²) in [6.45, 7) is -0.773. The molecule has 1 aliphatic heterocycles. The lowest BCUT2D eigenvalue weighted by atomic mass is 10.2. The smallest absolute Gasteiger partial charge is 0.351 e. The Morgan fingerprint density at radius 2 is 1.84 bits per heavy atom. The molecule has 170 valence electrons. The summed E-state index contributed by atoms with van der Waals surface area (Å²) in [7, 11) is 0. The topological polar surface area (TPSA) is 189 Å². The quantitative estimate of drug-likeness (QED) is 0.282. The Balaban J connectivity index is 1.70. The number of hydrogen-bond acceptors (Lipinski definition) is 10. The Hall–Kier alpha value is -3.32. The first-order valence-corrected chi connectivity index (χ1v) is 9.53. The molecule has 1 aromatic rings. The van der Waals surface area contributed by atoms with E-state index in [1.807, 2.05) is 0 Å². The lowest BCUT2D eigenvalue weighted by molar-refractivity contribution is -0.167. The van der Waals surface area contributed by atoms with Crippen LogP contribution in [-0.2, 0) is 33.4 Å². The van der Waals surface area contributed by atoms with E-state index in [0.717, 1.165) is 0 Å². The summed E-state index contributed by atoms with van der Waals surface area (Å²) in [5.74, 6) is -2.75. The van der Waals surface area contributed by atoms with Crippen molar-refractivity contribution >= 4 is 29.6 Å². The maximum Gasteiger partial charge on any atom is 0.351 e. The van der Waals surface area contributed by atoms with E-state index < -0.39 is 42.5 Å². The second-order valence-electron chi connectivity index (χ2n) is 6.64. The molecule has 31 heavy (non-hydrogen) atoms. The van der Waals surface area contributed by atoms with Crippen LogP contribution in [0, 0.1) is 0 Å². The molecule has 0 unspecified atom stereocenters. The number of aliphatic hydroxyl groups excluding tert-OH is 1. The fourth-order valence-corrected chi connectivity index (χ4v) is 2.68. The Kier molecular flexibility index (Phi) is 9.09. The van der Waals surface area contributed by atoms with Gasteiger partial charge in [-0.3, -0.25) is 23.7 Å². The maximum atomic E-state index is 12.1. The molecule has 0 radical (unpaired) electrons. The second-order valence-corrected chi connectivity index (χ2v) is 6.64. The van der Waals surface area contributed by atoms with Gasteiger partial charge in [0.15, 0.2) is 0 Å². The third-order valence-corrected chi connectivity index (χ3v) is 4.27. The number of primary amides is 1. The zero-order valence-corrected chi connectivity index (χ0v) is 16.7. The Bertz CT molecular complexity index is 870. The van der Waals surface area contributed by atoms with Crippen LogP contribution in [0.4, 0.5) is 5.82 Å². The number of anilines is 1. The van der Waals surface area contributed by atoms with Gasteiger partial charge in [0.05, 0.1) is 25.6 Å². The molecule has 13 nitrogen and oxygen atoms in total. The van der Waals surface area contributed by atoms with Crippen molar-refractivity contribution in [2.24, 2.45) is 5.73 Å². The first kappa shape index (κ1) is 24.0. The third kappa shape index (κ3) is 8.14. The highest BCUT2D eigenvalue weighted by Gasteiger charge is 2.26. The van der Waals surface area contributed by atoms with Gasteiger partial charge in [-0.15, -0.1) is 0 Å². The molecule has 1 fully saturated rings. The highest BCUT2D eigenvalue weighted by atomic mass is 16.7. The molecule has 0 spiro atoms. The molecule has 0 aromatic carbocycles. The van der Waals surface area contributed by atoms with Gasteiger partial charge < -0.3 is 30.4 Å². The first-order chi connectivity index (χ1) is 14.8. The van der Waals surface area contributed by atoms with Crippen molar-refractivity contribution in [1.29, 1.82) is 0 Å². The molecule has 1 saturated heterocycles. The van der Waals surface area contributed by atoms with E-state index in [1.54, 1.807) is 0 Å². The monoisotopic (exact) mass is 440 g/mol. The van der Waals surface area contributed by atoms with Crippen molar-refractivity contribution < 1.29 is 38.5 Å². The number of amides is 2. The van der Waals surface area contributed by atoms with Crippen LogP contribution in [-0.4, -0.2) is 57.9 Å². The number of rotatable bonds is 11. The van der Waals surface area contributed by atoms with Crippen molar-refractivity contribution in [3.05, 3.63) is 22.7 Å². The van der Waals surface area contributed by atoms with Crippen molar-refractivity contribution in [3.63, 3.8) is 0 Å². The van der Waals surface area contributed by atoms with E-state index in [2.05, 4.69) is 19.8 Å². The summed E-state index contributed by atoms with van der Waals surface area (Å²) in [5.41, 5.74) is 4.26. The molecule has 1 aromatic heterocycles. The minimum atomic E-state index is -0.780. The lowest BCUT2D eigenvalue weighted by Gasteiger charge is -2.15. The molecular formula is C18H24N4O9. The molecule has 13 heteroatoms. The average Bonchev–Trinajstić information content (AvgIpc) is 3.20. The fraction of sp³-hybridized carbons (Fsp3) is 0.556. The highest BCUT2D eigenvalue weighted by Crippen LogP contribution is 2.26. The molecule has 0 saturated carbocycles. The molecule has 2 atom stereocenters. The van der Waals surface area contributed by atoms with Crippen LogP contribution in [0.1, 0.15) is 44.8 Å². The van der Waals surface area contributed by atoms with Crippen molar-refractivity contribution in [3.8, 4) is 0 Å². The molecular weight excluding hydrogens is 416 g/mol. The summed E-state index contributed by atoms with van der Waals surface area (Å²) < 4.78 is 16.0. The lowest BCUT2D eigenvalue weighted by Crippen LogP contribution is -2.28. The van der Waals surface area contributed by atoms with Gasteiger partial charge in [-0.2, -0.15) is 4.98 Å². The van der Waals surface area contributed by atoms with Gasteiger partial charge in [-0.05, 0) is 18.9 Å². The van der Waals surface area contributed by atoms with Gasteiger partial charge in [-0.25, -0.2) is 4.79 Å². The minimum absolute atomic E-state index is 0.0136. The Labute approximate surface area is 176 Å². The first-order valence-electron chi connectivity index (χ1n) is 9.53. The number of esters is 2. The second kappa shape index (κ2) is 11.8. The van der Waals surface area contributed by atoms with Crippen molar-refractivity contribution in [2.45, 2.75) is 50.9 Å². The van der Waals surface area contributed by atoms with Gasteiger partial charge in [0.1, 0.15) is 12.0 Å². The molecule has 4 N–H and O–H groups in total. The van der Waals surface area contributed by atoms with Crippen LogP contribution in [0.2, 0.25) is 0 Å². The number of ether oxygens (including phenoxy) is 3. The van der Waals surface area contributed by atoms with Crippen LogP contribution in [0.15, 0.2) is 17.1 Å². The van der Waals surface area contributed by atoms with Gasteiger partial charge >= 0.3 is 17.6 Å². The standard InChI is InChI=1S/C18H24N4O9/c19-12(24)2-5-16(26)29-10-30-17(27)6-3-14(25)20-13-7-8-22(18(28)21-13)15-4-1-11(9-23)31-15/h7-8,11,15,23H,1-6,9-10H2,(H2,19,24)(H,20,21,25,28)/t11-,15+/m0/s1. The van der Waals surface area contributed by atoms with Gasteiger partial charge in [0.25, 0.3) is 0 Å². The highest BCUT2D eigenvalue weighted by molar-refractivity contribution is 5.91. The van der Waals surface area contributed by atoms with E-state index in [-0.39, 0.29) is 44.2 Å². The van der Waals surface area contributed by atoms with Gasteiger partial charge in [-0.1, -0.05) is 0 Å². The summed E-state index contributed by atoms with van der Waals surface area (Å²) >= 11 is 0. The predicted molar refractivity (Wildman–Crippen MR) is 102 cm³/mol. The number of nitrogens with two attached hydrogens (primary N) is 1. The van der Waals surface area contributed by atoms with Crippen LogP contribution < -0.4 is 16.7 Å². The summed E-state index contributed by atoms with van der Waals surface area (Å²) in [6.07, 6.45) is 0.810. The summed E-state index contributed by atoms with van der Waals surface area (Å²) in [4.78, 5) is 61.2. The van der Waals surface area contributed by atoms with Gasteiger partial charge in [0, 0.05) is 19.0 Å². The largest absolute Gasteiger partial charge is 0.428 e. The number of hydrogen-bond donors (Lipinski definition) is 3. The number of nitrogens with zero attached hydrogens (tertiary/aromatic N) is 2. The normalized spacial score (nSPS) is 17.7. The Morgan fingerprint density at radius 3 is 2.42 bits per heavy atom. The fourth-order valence-electron chi connectivity index (χ4n) is 2.68. The number of aromatic nitrogens is 2. The zero-order chi connectivity index (χ0) is 22.8. The summed E-state index contributed by atoms with van der Waals surface area (Å²) in [6, 6.07) is 1.42. The van der Waals surface area contributed by atoms with Crippen LogP contribution in [0.3, 0.4) is 0 Å². The number of carbonyl (C=O) groups excluding carboxylic acids is 4. The number of nitrogens with one attached hydrogen (secondary N) is 1. The van der Waals surface area contributed by atoms with Crippen LogP contribution in [0.5, 0.6) is 0 Å². The molecule has 0 bridgehead atoms. The number of carbonyl (C=O) groups is 4. The van der Waals surface area contributed by atoms with E-state index in [9.17, 15) is 24.0 Å². The molecule has 0 aliphatic carbocycles. The third-order valence-electron chi connectivity index (χ3n) is 4.27. The molecule has 2 rings (SSSR count). The van der Waals surface area contributed by atoms with E-state index in [0.29, 0.717) is 12.8 Å². The molecule has 2 amide bonds. The van der Waals surface area contributed by atoms with E-state index in [4.69, 9.17) is 15.6 Å². The minimum Gasteiger partial charge on any atom is -0.428 e. The van der Waals surface area contributed by atoms with Crippen molar-refractivity contribution in [1.82, 2.24) is 9.55 Å². The summed E-state index contributed by atoms with van der Waals surface area (Å²) in [5, 5.41) is 11.5. The molecule has 1 aliphatic rings. The van der Waals surface area contributed by atoms with E-state index >= 15 is 0 Å². The van der Waals surface area contributed by atoms with Crippen molar-refractivity contribution in [2.75, 3.05) is 18.7 Å². The van der Waals surface area contributed by atoms with Gasteiger partial charge in [0.2, 0.25) is 18.6 Å². The number of aliphatic hydroxyl groups is 1. The predicted octanol–water partition coefficient (Wildman–Crippen LogP) is -1.06. The Morgan fingerprint density at radius 1 is 1.16 bits per heavy atom. The van der Waals surface area contributed by atoms with Crippen LogP contribution >= 0.6 is 0 Å². The maximum absolute atomic E-state index is 12.1. The van der Waals surface area contributed by atoms with E-state index in [1.165, 1.54) is 16.8 Å².